The average molecular weight is 419 g/mol. The van der Waals surface area contributed by atoms with E-state index in [1.807, 2.05) is 6.92 Å². The first kappa shape index (κ1) is 20.9. The number of hydrogen-bond donors (Lipinski definition) is 2. The Bertz CT molecular complexity index is 1220. The molecule has 29 heavy (non-hydrogen) atoms. The van der Waals surface area contributed by atoms with Crippen molar-refractivity contribution in [2.45, 2.75) is 37.6 Å². The van der Waals surface area contributed by atoms with Crippen LogP contribution in [0.3, 0.4) is 0 Å². The second kappa shape index (κ2) is 8.71. The minimum atomic E-state index is -3.88. The van der Waals surface area contributed by atoms with Gasteiger partial charge in [0.2, 0.25) is 10.0 Å². The second-order valence-electron chi connectivity index (χ2n) is 6.79. The highest BCUT2D eigenvalue weighted by atomic mass is 32.2. The van der Waals surface area contributed by atoms with E-state index in [0.717, 1.165) is 12.8 Å². The van der Waals surface area contributed by atoms with Gasteiger partial charge in [-0.25, -0.2) is 12.8 Å². The van der Waals surface area contributed by atoms with Crippen molar-refractivity contribution >= 4 is 21.1 Å². The maximum Gasteiger partial charge on any atom is 0.314 e. The van der Waals surface area contributed by atoms with Gasteiger partial charge in [0.05, 0.1) is 15.9 Å². The Labute approximate surface area is 167 Å². The van der Waals surface area contributed by atoms with E-state index in [1.165, 1.54) is 34.6 Å². The topological polar surface area (TPSA) is 103 Å². The third-order valence-electron chi connectivity index (χ3n) is 4.61. The summed E-state index contributed by atoms with van der Waals surface area (Å²) in [6.45, 7) is 2.44. The molecule has 3 rings (SSSR count). The molecular formula is C20H22FN3O4S. The largest absolute Gasteiger partial charge is 0.316 e. The molecule has 0 saturated heterocycles. The molecule has 2 aromatic carbocycles. The first-order chi connectivity index (χ1) is 13.8. The lowest BCUT2D eigenvalue weighted by Crippen LogP contribution is -2.32. The number of halogens is 1. The van der Waals surface area contributed by atoms with E-state index in [1.54, 1.807) is 12.1 Å². The Balaban J connectivity index is 1.98. The highest BCUT2D eigenvalue weighted by Gasteiger charge is 2.25. The van der Waals surface area contributed by atoms with Crippen LogP contribution in [0.5, 0.6) is 0 Å². The maximum absolute atomic E-state index is 13.3. The number of aromatic amines is 2. The van der Waals surface area contributed by atoms with Gasteiger partial charge in [0, 0.05) is 13.1 Å². The van der Waals surface area contributed by atoms with Gasteiger partial charge in [-0.05, 0) is 42.3 Å². The van der Waals surface area contributed by atoms with E-state index in [0.29, 0.717) is 24.0 Å². The van der Waals surface area contributed by atoms with E-state index >= 15 is 0 Å². The molecular weight excluding hydrogens is 397 g/mol. The van der Waals surface area contributed by atoms with Gasteiger partial charge in [-0.15, -0.1) is 0 Å². The summed E-state index contributed by atoms with van der Waals surface area (Å²) in [5.74, 6) is -0.387. The number of benzene rings is 2. The van der Waals surface area contributed by atoms with Crippen LogP contribution < -0.4 is 11.1 Å². The molecule has 0 radical (unpaired) electrons. The molecule has 154 valence electrons. The van der Waals surface area contributed by atoms with Crippen molar-refractivity contribution in [1.29, 1.82) is 0 Å². The molecule has 0 saturated carbocycles. The zero-order valence-electron chi connectivity index (χ0n) is 15.9. The van der Waals surface area contributed by atoms with E-state index in [2.05, 4.69) is 9.97 Å². The van der Waals surface area contributed by atoms with E-state index in [9.17, 15) is 22.4 Å². The van der Waals surface area contributed by atoms with Crippen molar-refractivity contribution in [3.63, 3.8) is 0 Å². The lowest BCUT2D eigenvalue weighted by molar-refractivity contribution is 0.394. The Hall–Kier alpha value is -2.78. The zero-order chi connectivity index (χ0) is 21.0. The lowest BCUT2D eigenvalue weighted by Gasteiger charge is -2.22. The highest BCUT2D eigenvalue weighted by Crippen LogP contribution is 2.22. The van der Waals surface area contributed by atoms with E-state index < -0.39 is 21.1 Å². The number of nitrogens with zero attached hydrogens (tertiary/aromatic N) is 1. The van der Waals surface area contributed by atoms with Gasteiger partial charge in [0.1, 0.15) is 5.82 Å². The molecule has 0 aliphatic rings. The summed E-state index contributed by atoms with van der Waals surface area (Å²) in [7, 11) is -3.88. The summed E-state index contributed by atoms with van der Waals surface area (Å²) in [6.07, 6.45) is 2.51. The van der Waals surface area contributed by atoms with Crippen molar-refractivity contribution in [1.82, 2.24) is 14.3 Å². The predicted molar refractivity (Wildman–Crippen MR) is 109 cm³/mol. The minimum absolute atomic E-state index is 0.00584. The molecule has 0 amide bonds. The summed E-state index contributed by atoms with van der Waals surface area (Å²) >= 11 is 0. The molecule has 3 aromatic rings. The smallest absolute Gasteiger partial charge is 0.314 e. The van der Waals surface area contributed by atoms with Crippen LogP contribution in [0, 0.1) is 5.82 Å². The fourth-order valence-corrected chi connectivity index (χ4v) is 4.51. The SMILES string of the molecule is CCCCCN(Cc1ccc(F)cc1)S(=O)(=O)c1ccc2[nH]c(=O)c(=O)[nH]c2c1. The molecule has 0 aliphatic heterocycles. The first-order valence-corrected chi connectivity index (χ1v) is 10.8. The Morgan fingerprint density at radius 3 is 2.24 bits per heavy atom. The normalized spacial score (nSPS) is 12.0. The molecule has 2 N–H and O–H groups in total. The fourth-order valence-electron chi connectivity index (χ4n) is 3.02. The first-order valence-electron chi connectivity index (χ1n) is 9.32. The van der Waals surface area contributed by atoms with Crippen LogP contribution in [0.1, 0.15) is 31.7 Å². The van der Waals surface area contributed by atoms with Crippen molar-refractivity contribution in [3.05, 3.63) is 74.6 Å². The monoisotopic (exact) mass is 419 g/mol. The summed E-state index contributed by atoms with van der Waals surface area (Å²) in [4.78, 5) is 27.8. The number of unbranched alkanes of at least 4 members (excludes halogenated alkanes) is 2. The number of aromatic nitrogens is 2. The highest BCUT2D eigenvalue weighted by molar-refractivity contribution is 7.89. The van der Waals surface area contributed by atoms with Crippen molar-refractivity contribution in [2.24, 2.45) is 0 Å². The molecule has 1 heterocycles. The van der Waals surface area contributed by atoms with Crippen LogP contribution in [-0.2, 0) is 16.6 Å². The third kappa shape index (κ3) is 4.80. The van der Waals surface area contributed by atoms with Gasteiger partial charge in [0.15, 0.2) is 0 Å². The Morgan fingerprint density at radius 2 is 1.59 bits per heavy atom. The second-order valence-corrected chi connectivity index (χ2v) is 8.73. The van der Waals surface area contributed by atoms with Crippen molar-refractivity contribution < 1.29 is 12.8 Å². The Kier molecular flexibility index (Phi) is 6.29. The van der Waals surface area contributed by atoms with E-state index in [4.69, 9.17) is 0 Å². The summed E-state index contributed by atoms with van der Waals surface area (Å²) in [5, 5.41) is 0. The maximum atomic E-state index is 13.3. The molecule has 0 fully saturated rings. The molecule has 7 nitrogen and oxygen atoms in total. The summed E-state index contributed by atoms with van der Waals surface area (Å²) in [5.41, 5.74) is -0.413. The van der Waals surface area contributed by atoms with Gasteiger partial charge < -0.3 is 9.97 Å². The van der Waals surface area contributed by atoms with E-state index in [-0.39, 0.29) is 22.8 Å². The summed E-state index contributed by atoms with van der Waals surface area (Å²) in [6, 6.07) is 9.87. The third-order valence-corrected chi connectivity index (χ3v) is 6.46. The van der Waals surface area contributed by atoms with Gasteiger partial charge in [0.25, 0.3) is 0 Å². The molecule has 0 aliphatic carbocycles. The number of H-pyrrole nitrogens is 2. The van der Waals surface area contributed by atoms with Crippen LogP contribution >= 0.6 is 0 Å². The summed E-state index contributed by atoms with van der Waals surface area (Å²) < 4.78 is 41.1. The number of nitrogens with one attached hydrogen (secondary N) is 2. The van der Waals surface area contributed by atoms with Gasteiger partial charge >= 0.3 is 11.1 Å². The molecule has 1 aromatic heterocycles. The van der Waals surface area contributed by atoms with Crippen LogP contribution in [-0.4, -0.2) is 29.2 Å². The van der Waals surface area contributed by atoms with Crippen molar-refractivity contribution in [3.8, 4) is 0 Å². The average Bonchev–Trinajstić information content (AvgIpc) is 2.69. The number of hydrogen-bond acceptors (Lipinski definition) is 4. The van der Waals surface area contributed by atoms with Crippen LogP contribution in [0.25, 0.3) is 11.0 Å². The quantitative estimate of drug-likeness (QED) is 0.433. The van der Waals surface area contributed by atoms with Crippen molar-refractivity contribution in [2.75, 3.05) is 6.54 Å². The molecule has 0 atom stereocenters. The molecule has 0 bridgehead atoms. The van der Waals surface area contributed by atoms with Crippen LogP contribution in [0.4, 0.5) is 4.39 Å². The predicted octanol–water partition coefficient (Wildman–Crippen LogP) is 2.74. The van der Waals surface area contributed by atoms with Gasteiger partial charge in [-0.3, -0.25) is 9.59 Å². The number of rotatable bonds is 8. The molecule has 0 spiro atoms. The van der Waals surface area contributed by atoms with Gasteiger partial charge in [-0.1, -0.05) is 31.9 Å². The Morgan fingerprint density at radius 1 is 0.931 bits per heavy atom. The lowest BCUT2D eigenvalue weighted by atomic mass is 10.2. The number of sulfonamides is 1. The van der Waals surface area contributed by atoms with Crippen LogP contribution in [0.15, 0.2) is 56.9 Å². The fraction of sp³-hybridized carbons (Fsp3) is 0.300. The van der Waals surface area contributed by atoms with Gasteiger partial charge in [-0.2, -0.15) is 4.31 Å². The minimum Gasteiger partial charge on any atom is -0.316 e. The molecule has 0 unspecified atom stereocenters. The standard InChI is InChI=1S/C20H22FN3O4S/c1-2-3-4-11-24(13-14-5-7-15(21)8-6-14)29(27,28)16-9-10-17-18(12-16)23-20(26)19(25)22-17/h5-10,12H,2-4,11,13H2,1H3,(H,22,25)(H,23,26). The molecule has 9 heteroatoms. The number of fused-ring (bicyclic) bond motifs is 1. The zero-order valence-corrected chi connectivity index (χ0v) is 16.8. The van der Waals surface area contributed by atoms with Crippen LogP contribution in [0.2, 0.25) is 0 Å².